The third-order valence-electron chi connectivity index (χ3n) is 17.1. The number of nitrogens with zero attached hydrogens (tertiary/aromatic N) is 3. The number of hydrogen-bond acceptors (Lipinski definition) is 3. The molecule has 4 heteroatoms. The Labute approximate surface area is 460 Å². The molecule has 0 amide bonds. The predicted octanol–water partition coefficient (Wildman–Crippen LogP) is 18.4. The first kappa shape index (κ1) is 50.3. The number of anilines is 9. The Morgan fingerprint density at radius 3 is 1.49 bits per heavy atom. The smallest absolute Gasteiger partial charge is 0.252 e. The van der Waals surface area contributed by atoms with Gasteiger partial charge in [-0.25, -0.2) is 0 Å². The highest BCUT2D eigenvalue weighted by atomic mass is 15.2. The fraction of sp³-hybridized carbons (Fsp3) is 0.260. The van der Waals surface area contributed by atoms with E-state index < -0.39 is 0 Å². The van der Waals surface area contributed by atoms with Gasteiger partial charge in [0.25, 0.3) is 6.71 Å². The first-order valence-corrected chi connectivity index (χ1v) is 28.0. The lowest BCUT2D eigenvalue weighted by Crippen LogP contribution is -2.61. The second kappa shape index (κ2) is 17.7. The average molecular weight is 1000 g/mol. The van der Waals surface area contributed by atoms with Crippen LogP contribution in [0.5, 0.6) is 0 Å². The molecule has 0 unspecified atom stereocenters. The minimum absolute atomic E-state index is 0.0371. The largest absolute Gasteiger partial charge is 0.311 e. The molecular weight excluding hydrogens is 930 g/mol. The minimum Gasteiger partial charge on any atom is -0.311 e. The Morgan fingerprint density at radius 1 is 0.351 bits per heavy atom. The van der Waals surface area contributed by atoms with Gasteiger partial charge in [-0.05, 0) is 167 Å². The van der Waals surface area contributed by atoms with Crippen molar-refractivity contribution in [3.8, 4) is 22.3 Å². The van der Waals surface area contributed by atoms with Crippen molar-refractivity contribution in [1.82, 2.24) is 0 Å². The molecule has 2 aliphatic heterocycles. The molecule has 1 aliphatic carbocycles. The number of hydrogen-bond donors (Lipinski definition) is 0. The highest BCUT2D eigenvalue weighted by Gasteiger charge is 2.46. The van der Waals surface area contributed by atoms with Crippen LogP contribution < -0.4 is 31.1 Å². The Kier molecular flexibility index (Phi) is 11.6. The van der Waals surface area contributed by atoms with E-state index in [9.17, 15) is 0 Å². The molecule has 3 nitrogen and oxygen atoms in total. The third-order valence-corrected chi connectivity index (χ3v) is 17.1. The van der Waals surface area contributed by atoms with Gasteiger partial charge in [-0.3, -0.25) is 0 Å². The van der Waals surface area contributed by atoms with Crippen molar-refractivity contribution in [2.24, 2.45) is 0 Å². The lowest BCUT2D eigenvalue weighted by atomic mass is 9.33. The molecular formula is C73H74BN3. The lowest BCUT2D eigenvalue weighted by Gasteiger charge is -2.46. The van der Waals surface area contributed by atoms with Crippen LogP contribution in [0.25, 0.3) is 22.3 Å². The maximum absolute atomic E-state index is 2.65. The number of para-hydroxylation sites is 2. The van der Waals surface area contributed by atoms with Gasteiger partial charge in [-0.15, -0.1) is 0 Å². The number of benzene rings is 9. The van der Waals surface area contributed by atoms with Crippen molar-refractivity contribution < 1.29 is 0 Å². The van der Waals surface area contributed by atoms with Crippen molar-refractivity contribution >= 4 is 74.3 Å². The molecule has 3 aliphatic rings. The summed E-state index contributed by atoms with van der Waals surface area (Å²) >= 11 is 0. The summed E-state index contributed by atoms with van der Waals surface area (Å²) < 4.78 is 0. The van der Waals surface area contributed by atoms with Crippen LogP contribution in [0.1, 0.15) is 130 Å². The molecule has 0 radical (unpaired) electrons. The van der Waals surface area contributed by atoms with Crippen LogP contribution in [0.2, 0.25) is 0 Å². The standard InChI is InChI=1S/C73H74BN3/c1-69(2,3)48-31-29-47(30-32-48)57-41-49(70(4,5)6)33-39-63(57)77-64-40-34-50(71(7,8)9)42-62(64)74-61-38-36-55(75(52-23-17-15-18-24-52)53-25-19-16-20-26-53)46-65(61)76(66-43-51(72(10,11)12)44-67(77)68(66)74)54-35-37-60-58(45-54)56-27-21-22-28-59(56)73(60,13)14/h15-46H,1-14H3. The molecule has 0 saturated carbocycles. The van der Waals surface area contributed by atoms with Crippen LogP contribution >= 0.6 is 0 Å². The first-order valence-electron chi connectivity index (χ1n) is 28.0. The second-order valence-electron chi connectivity index (χ2n) is 26.8. The van der Waals surface area contributed by atoms with E-state index >= 15 is 0 Å². The number of fused-ring (bicyclic) bond motifs is 7. The summed E-state index contributed by atoms with van der Waals surface area (Å²) in [4.78, 5) is 7.70. The summed E-state index contributed by atoms with van der Waals surface area (Å²) in [6, 6.07) is 74.6. The van der Waals surface area contributed by atoms with Gasteiger partial charge in [-0.1, -0.05) is 212 Å². The van der Waals surface area contributed by atoms with Gasteiger partial charge < -0.3 is 14.7 Å². The molecule has 0 fully saturated rings. The predicted molar refractivity (Wildman–Crippen MR) is 333 cm³/mol. The van der Waals surface area contributed by atoms with Crippen molar-refractivity contribution in [3.63, 3.8) is 0 Å². The average Bonchev–Trinajstić information content (AvgIpc) is 3.76. The first-order chi connectivity index (χ1) is 36.5. The Morgan fingerprint density at radius 2 is 0.883 bits per heavy atom. The molecule has 9 aromatic rings. The monoisotopic (exact) mass is 1000 g/mol. The zero-order valence-electron chi connectivity index (χ0n) is 47.9. The fourth-order valence-electron chi connectivity index (χ4n) is 12.6. The molecule has 0 N–H and O–H groups in total. The topological polar surface area (TPSA) is 9.72 Å². The number of rotatable bonds is 6. The molecule has 2 heterocycles. The van der Waals surface area contributed by atoms with E-state index in [0.29, 0.717) is 0 Å². The van der Waals surface area contributed by atoms with Gasteiger partial charge in [-0.2, -0.15) is 0 Å². The summed E-state index contributed by atoms with van der Waals surface area (Å²) in [7, 11) is 0. The summed E-state index contributed by atoms with van der Waals surface area (Å²) in [5.74, 6) is 0. The summed E-state index contributed by atoms with van der Waals surface area (Å²) in [6.45, 7) is 32.8. The summed E-state index contributed by atoms with van der Waals surface area (Å²) in [5.41, 5.74) is 27.2. The van der Waals surface area contributed by atoms with E-state index in [1.165, 1.54) is 100 Å². The van der Waals surface area contributed by atoms with Crippen molar-refractivity contribution in [2.45, 2.75) is 124 Å². The zero-order valence-corrected chi connectivity index (χ0v) is 47.9. The highest BCUT2D eigenvalue weighted by Crippen LogP contribution is 2.54. The van der Waals surface area contributed by atoms with Gasteiger partial charge in [0.15, 0.2) is 0 Å². The van der Waals surface area contributed by atoms with Gasteiger partial charge in [0.05, 0.1) is 5.69 Å². The van der Waals surface area contributed by atoms with E-state index in [4.69, 9.17) is 0 Å². The van der Waals surface area contributed by atoms with E-state index in [-0.39, 0.29) is 33.8 Å². The molecule has 77 heavy (non-hydrogen) atoms. The molecule has 9 aromatic carbocycles. The Bertz CT molecular complexity index is 3720. The normalized spacial score (nSPS) is 14.4. The molecule has 0 bridgehead atoms. The van der Waals surface area contributed by atoms with Crippen LogP contribution in [-0.4, -0.2) is 6.71 Å². The van der Waals surface area contributed by atoms with Gasteiger partial charge in [0.2, 0.25) is 0 Å². The quantitative estimate of drug-likeness (QED) is 0.154. The maximum atomic E-state index is 2.65. The zero-order chi connectivity index (χ0) is 54.1. The van der Waals surface area contributed by atoms with Crippen molar-refractivity contribution in [1.29, 1.82) is 0 Å². The van der Waals surface area contributed by atoms with E-state index in [2.05, 4.69) is 306 Å². The van der Waals surface area contributed by atoms with Gasteiger partial charge in [0.1, 0.15) is 0 Å². The second-order valence-corrected chi connectivity index (χ2v) is 26.8. The lowest BCUT2D eigenvalue weighted by molar-refractivity contribution is 0.589. The van der Waals surface area contributed by atoms with Crippen LogP contribution in [0, 0.1) is 0 Å². The minimum atomic E-state index is -0.184. The van der Waals surface area contributed by atoms with Gasteiger partial charge in [0, 0.05) is 56.5 Å². The Balaban J connectivity index is 1.19. The maximum Gasteiger partial charge on any atom is 0.252 e. The molecule has 12 rings (SSSR count). The van der Waals surface area contributed by atoms with Crippen molar-refractivity contribution in [3.05, 3.63) is 228 Å². The van der Waals surface area contributed by atoms with Gasteiger partial charge >= 0.3 is 0 Å². The van der Waals surface area contributed by atoms with E-state index in [0.717, 1.165) is 22.7 Å². The molecule has 0 spiro atoms. The molecule has 0 saturated heterocycles. The highest BCUT2D eigenvalue weighted by molar-refractivity contribution is 7.00. The molecule has 0 atom stereocenters. The van der Waals surface area contributed by atoms with E-state index in [1.807, 2.05) is 0 Å². The van der Waals surface area contributed by atoms with Crippen LogP contribution in [0.3, 0.4) is 0 Å². The van der Waals surface area contributed by atoms with Crippen LogP contribution in [-0.2, 0) is 27.1 Å². The van der Waals surface area contributed by atoms with E-state index in [1.54, 1.807) is 0 Å². The van der Waals surface area contributed by atoms with Crippen LogP contribution in [0.4, 0.5) is 51.2 Å². The SMILES string of the molecule is CC(C)(C)c1ccc(-c2cc(C(C)(C)C)ccc2N2c3ccc(C(C)(C)C)cc3B3c4ccc(N(c5ccccc5)c5ccccc5)cc4N(c4ccc5c(c4)-c4ccccc4C5(C)C)c4cc(C(C)(C)C)cc2c43)cc1. The van der Waals surface area contributed by atoms with Crippen LogP contribution in [0.15, 0.2) is 194 Å². The third kappa shape index (κ3) is 8.42. The fourth-order valence-corrected chi connectivity index (χ4v) is 12.6. The molecule has 384 valence electrons. The Hall–Kier alpha value is -7.56. The summed E-state index contributed by atoms with van der Waals surface area (Å²) in [5, 5.41) is 0. The summed E-state index contributed by atoms with van der Waals surface area (Å²) in [6.07, 6.45) is 0. The molecule has 0 aromatic heterocycles. The van der Waals surface area contributed by atoms with Crippen molar-refractivity contribution in [2.75, 3.05) is 14.7 Å².